The highest BCUT2D eigenvalue weighted by atomic mass is 15.2. The molecule has 4 heterocycles. The molecule has 0 saturated heterocycles. The van der Waals surface area contributed by atoms with E-state index in [1.807, 2.05) is 0 Å². The lowest BCUT2D eigenvalue weighted by Crippen LogP contribution is -2.62. The molecule has 0 radical (unpaired) electrons. The van der Waals surface area contributed by atoms with Crippen molar-refractivity contribution >= 4 is 62.1 Å². The van der Waals surface area contributed by atoms with Gasteiger partial charge in [0, 0.05) is 57.2 Å². The van der Waals surface area contributed by atoms with Crippen molar-refractivity contribution in [3.05, 3.63) is 102 Å². The number of aromatic nitrogens is 2. The fourth-order valence-corrected chi connectivity index (χ4v) is 6.77. The minimum atomic E-state index is 0.179. The summed E-state index contributed by atoms with van der Waals surface area (Å²) >= 11 is 0. The maximum atomic E-state index is 2.51. The van der Waals surface area contributed by atoms with Gasteiger partial charge in [-0.3, -0.25) is 0 Å². The van der Waals surface area contributed by atoms with Crippen LogP contribution in [0.2, 0.25) is 0 Å². The number of benzene rings is 4. The lowest BCUT2D eigenvalue weighted by molar-refractivity contribution is 0.994. The minimum Gasteiger partial charge on any atom is -0.353 e. The molecular formula is C31H24BN3. The van der Waals surface area contributed by atoms with Crippen molar-refractivity contribution in [3.63, 3.8) is 0 Å². The quantitative estimate of drug-likeness (QED) is 0.308. The molecule has 0 bridgehead atoms. The van der Waals surface area contributed by atoms with Gasteiger partial charge in [-0.25, -0.2) is 0 Å². The van der Waals surface area contributed by atoms with Crippen molar-refractivity contribution in [2.24, 2.45) is 7.05 Å². The number of hydrogen-bond acceptors (Lipinski definition) is 1. The highest BCUT2D eigenvalue weighted by molar-refractivity contribution is 7.00. The molecule has 0 fully saturated rings. The fourth-order valence-electron chi connectivity index (χ4n) is 6.77. The Morgan fingerprint density at radius 2 is 1.40 bits per heavy atom. The summed E-state index contributed by atoms with van der Waals surface area (Å²) < 4.78 is 4.94. The smallest absolute Gasteiger partial charge is 0.272 e. The summed E-state index contributed by atoms with van der Waals surface area (Å²) in [4.78, 5) is 2.49. The van der Waals surface area contributed by atoms with Gasteiger partial charge in [-0.2, -0.15) is 0 Å². The molecular weight excluding hydrogens is 425 g/mol. The second-order valence-corrected chi connectivity index (χ2v) is 9.91. The highest BCUT2D eigenvalue weighted by Gasteiger charge is 2.44. The van der Waals surface area contributed by atoms with Crippen LogP contribution in [-0.2, 0) is 7.05 Å². The third-order valence-corrected chi connectivity index (χ3v) is 8.35. The number of hydrogen-bond donors (Lipinski definition) is 0. The predicted octanol–water partition coefficient (Wildman–Crippen LogP) is 5.35. The van der Waals surface area contributed by atoms with Gasteiger partial charge in [-0.1, -0.05) is 60.7 Å². The van der Waals surface area contributed by atoms with Gasteiger partial charge in [0.25, 0.3) is 6.71 Å². The third kappa shape index (κ3) is 2.18. The van der Waals surface area contributed by atoms with Gasteiger partial charge in [0.15, 0.2) is 0 Å². The molecule has 0 N–H and O–H groups in total. The van der Waals surface area contributed by atoms with Crippen LogP contribution in [0.4, 0.5) is 17.1 Å². The number of rotatable bonds is 1. The zero-order valence-electron chi connectivity index (χ0n) is 20.1. The van der Waals surface area contributed by atoms with E-state index in [4.69, 9.17) is 0 Å². The summed E-state index contributed by atoms with van der Waals surface area (Å²) in [5.41, 5.74) is 14.6. The van der Waals surface area contributed by atoms with Gasteiger partial charge < -0.3 is 14.0 Å². The number of nitrogens with zero attached hydrogens (tertiary/aromatic N) is 3. The Kier molecular flexibility index (Phi) is 3.55. The van der Waals surface area contributed by atoms with E-state index in [-0.39, 0.29) is 6.71 Å². The molecule has 0 saturated carbocycles. The van der Waals surface area contributed by atoms with Crippen LogP contribution in [0, 0.1) is 13.8 Å². The summed E-state index contributed by atoms with van der Waals surface area (Å²) in [6.45, 7) is 4.71. The van der Waals surface area contributed by atoms with Crippen molar-refractivity contribution in [2.75, 3.05) is 4.90 Å². The lowest BCUT2D eigenvalue weighted by atomic mass is 9.35. The molecule has 6 aromatic rings. The van der Waals surface area contributed by atoms with Crippen LogP contribution in [0.3, 0.4) is 0 Å². The minimum absolute atomic E-state index is 0.179. The number of fused-ring (bicyclic) bond motifs is 6. The first-order valence-corrected chi connectivity index (χ1v) is 12.3. The topological polar surface area (TPSA) is 13.1 Å². The average Bonchev–Trinajstić information content (AvgIpc) is 3.34. The van der Waals surface area contributed by atoms with E-state index in [9.17, 15) is 0 Å². The van der Waals surface area contributed by atoms with Crippen LogP contribution < -0.4 is 21.4 Å². The molecule has 2 aliphatic heterocycles. The van der Waals surface area contributed by atoms with Crippen molar-refractivity contribution in [3.8, 4) is 5.69 Å². The summed E-state index contributed by atoms with van der Waals surface area (Å²) in [5.74, 6) is 0. The largest absolute Gasteiger partial charge is 0.353 e. The number of para-hydroxylation sites is 3. The Bertz CT molecular complexity index is 1840. The monoisotopic (exact) mass is 449 g/mol. The maximum absolute atomic E-state index is 2.51. The van der Waals surface area contributed by atoms with E-state index in [1.165, 1.54) is 72.3 Å². The predicted molar refractivity (Wildman–Crippen MR) is 149 cm³/mol. The standard InChI is InChI=1S/C31H24BN3/c1-19-20(2)34-26-17-10-18-27-28(26)32(24-15-9-14-22(19)29(24)34)31-30(35(27)21-11-5-4-6-12-21)23-13-7-8-16-25(23)33(31)3/h4-18H,1-3H3. The maximum Gasteiger partial charge on any atom is 0.272 e. The molecule has 0 unspecified atom stereocenters. The van der Waals surface area contributed by atoms with Gasteiger partial charge in [-0.05, 0) is 60.7 Å². The first kappa shape index (κ1) is 19.2. The summed E-state index contributed by atoms with van der Waals surface area (Å²) in [5, 5.41) is 2.66. The Morgan fingerprint density at radius 1 is 0.686 bits per heavy atom. The normalized spacial score (nSPS) is 13.5. The van der Waals surface area contributed by atoms with Crippen molar-refractivity contribution in [1.29, 1.82) is 0 Å². The van der Waals surface area contributed by atoms with E-state index in [0.717, 1.165) is 0 Å². The second-order valence-electron chi connectivity index (χ2n) is 9.91. The molecule has 166 valence electrons. The van der Waals surface area contributed by atoms with E-state index >= 15 is 0 Å². The molecule has 4 heteroatoms. The van der Waals surface area contributed by atoms with Crippen molar-refractivity contribution < 1.29 is 0 Å². The summed E-state index contributed by atoms with van der Waals surface area (Å²) in [6, 6.07) is 33.4. The van der Waals surface area contributed by atoms with Gasteiger partial charge in [0.05, 0.1) is 5.69 Å². The van der Waals surface area contributed by atoms with E-state index in [1.54, 1.807) is 0 Å². The average molecular weight is 449 g/mol. The number of anilines is 3. The first-order chi connectivity index (χ1) is 17.2. The van der Waals surface area contributed by atoms with Gasteiger partial charge in [-0.15, -0.1) is 0 Å². The van der Waals surface area contributed by atoms with Crippen LogP contribution in [0.15, 0.2) is 91.0 Å². The first-order valence-electron chi connectivity index (χ1n) is 12.3. The van der Waals surface area contributed by atoms with Crippen LogP contribution in [-0.4, -0.2) is 15.8 Å². The van der Waals surface area contributed by atoms with Crippen LogP contribution in [0.5, 0.6) is 0 Å². The molecule has 2 aliphatic rings. The lowest BCUT2D eigenvalue weighted by Gasteiger charge is -2.39. The zero-order chi connectivity index (χ0) is 23.4. The Hall–Kier alpha value is -4.18. The van der Waals surface area contributed by atoms with E-state index < -0.39 is 0 Å². The second kappa shape index (κ2) is 6.48. The molecule has 0 aliphatic carbocycles. The van der Waals surface area contributed by atoms with E-state index in [0.29, 0.717) is 0 Å². The van der Waals surface area contributed by atoms with Gasteiger partial charge in [0.2, 0.25) is 0 Å². The van der Waals surface area contributed by atoms with Gasteiger partial charge >= 0.3 is 0 Å². The third-order valence-electron chi connectivity index (χ3n) is 8.35. The fraction of sp³-hybridized carbons (Fsp3) is 0.0968. The zero-order valence-corrected chi connectivity index (χ0v) is 20.1. The molecule has 3 nitrogen and oxygen atoms in total. The molecule has 0 amide bonds. The van der Waals surface area contributed by atoms with E-state index in [2.05, 4.69) is 126 Å². The molecule has 2 aromatic heterocycles. The molecule has 0 atom stereocenters. The Morgan fingerprint density at radius 3 is 2.26 bits per heavy atom. The summed E-state index contributed by atoms with van der Waals surface area (Å²) in [6.07, 6.45) is 0. The van der Waals surface area contributed by atoms with Gasteiger partial charge in [0.1, 0.15) is 0 Å². The Balaban J connectivity index is 1.61. The van der Waals surface area contributed by atoms with Crippen LogP contribution in [0.25, 0.3) is 27.5 Å². The molecule has 0 spiro atoms. The van der Waals surface area contributed by atoms with Crippen LogP contribution in [0.1, 0.15) is 11.3 Å². The van der Waals surface area contributed by atoms with Crippen molar-refractivity contribution in [2.45, 2.75) is 13.8 Å². The molecule has 8 rings (SSSR count). The number of aryl methyl sites for hydroxylation is 2. The molecule has 4 aromatic carbocycles. The summed E-state index contributed by atoms with van der Waals surface area (Å²) in [7, 11) is 2.24. The Labute approximate surface area is 204 Å². The van der Waals surface area contributed by atoms with Crippen LogP contribution >= 0.6 is 0 Å². The highest BCUT2D eigenvalue weighted by Crippen LogP contribution is 2.43. The SMILES string of the molecule is Cc1c(C)n2c3c(cccc13)B1c3c(cccc3-2)N(c2ccccc2)c2c1n(C)c1ccccc21. The van der Waals surface area contributed by atoms with Crippen molar-refractivity contribution in [1.82, 2.24) is 9.13 Å². The molecule has 35 heavy (non-hydrogen) atoms.